The van der Waals surface area contributed by atoms with Crippen LogP contribution in [0.4, 0.5) is 0 Å². The molecule has 9 heavy (non-hydrogen) atoms. The lowest BCUT2D eigenvalue weighted by molar-refractivity contribution is -0.115. The molecule has 2 nitrogen and oxygen atoms in total. The molecule has 0 bridgehead atoms. The Hall–Kier alpha value is -0.660. The van der Waals surface area contributed by atoms with E-state index in [2.05, 4.69) is 4.99 Å². The van der Waals surface area contributed by atoms with Crippen LogP contribution in [0.25, 0.3) is 0 Å². The second-order valence-electron chi connectivity index (χ2n) is 2.09. The number of carbonyl (C=O) groups excluding carboxylic acids is 1. The summed E-state index contributed by atoms with van der Waals surface area (Å²) in [5.41, 5.74) is 0.935. The van der Waals surface area contributed by atoms with Crippen LogP contribution in [0, 0.1) is 0 Å². The van der Waals surface area contributed by atoms with Crippen molar-refractivity contribution >= 4 is 11.5 Å². The zero-order valence-corrected chi connectivity index (χ0v) is 6.27. The number of carbonyl (C=O) groups is 1. The van der Waals surface area contributed by atoms with Crippen LogP contribution < -0.4 is 0 Å². The molecule has 0 rings (SSSR count). The van der Waals surface area contributed by atoms with Crippen LogP contribution in [0.5, 0.6) is 0 Å². The number of hydrogen-bond acceptors (Lipinski definition) is 2. The first-order valence-electron chi connectivity index (χ1n) is 3.16. The Balaban J connectivity index is 3.62. The number of rotatable bonds is 3. The van der Waals surface area contributed by atoms with Gasteiger partial charge in [-0.1, -0.05) is 0 Å². The standard InChI is InChI=1S/C7H13NO/c1-4-8-6(2)5-7(3)9/h4-5H2,1-3H3/b8-6+. The number of hydrogen-bond donors (Lipinski definition) is 0. The van der Waals surface area contributed by atoms with E-state index >= 15 is 0 Å². The highest BCUT2D eigenvalue weighted by Gasteiger charge is 1.93. The van der Waals surface area contributed by atoms with Crippen molar-refractivity contribution in [1.29, 1.82) is 0 Å². The monoisotopic (exact) mass is 127 g/mol. The van der Waals surface area contributed by atoms with Crippen LogP contribution in [0.1, 0.15) is 27.2 Å². The first kappa shape index (κ1) is 8.34. The maximum Gasteiger partial charge on any atom is 0.135 e. The van der Waals surface area contributed by atoms with E-state index in [0.717, 1.165) is 12.3 Å². The molecule has 0 spiro atoms. The molecule has 52 valence electrons. The van der Waals surface area contributed by atoms with Gasteiger partial charge in [-0.3, -0.25) is 9.79 Å². The summed E-state index contributed by atoms with van der Waals surface area (Å²) in [6.07, 6.45) is 0.508. The van der Waals surface area contributed by atoms with Gasteiger partial charge in [-0.05, 0) is 20.8 Å². The van der Waals surface area contributed by atoms with E-state index in [1.54, 1.807) is 6.92 Å². The van der Waals surface area contributed by atoms with Gasteiger partial charge in [0.2, 0.25) is 0 Å². The molecule has 0 N–H and O–H groups in total. The highest BCUT2D eigenvalue weighted by atomic mass is 16.1. The van der Waals surface area contributed by atoms with Gasteiger partial charge in [-0.15, -0.1) is 0 Å². The summed E-state index contributed by atoms with van der Waals surface area (Å²) in [6, 6.07) is 0. The maximum atomic E-state index is 10.4. The SMILES string of the molecule is CC/N=C(\C)CC(C)=O. The van der Waals surface area contributed by atoms with E-state index in [4.69, 9.17) is 0 Å². The number of ketones is 1. The van der Waals surface area contributed by atoms with Crippen LogP contribution in [-0.4, -0.2) is 18.0 Å². The Morgan fingerprint density at radius 3 is 2.33 bits per heavy atom. The third-order valence-electron chi connectivity index (χ3n) is 0.933. The molecule has 0 aromatic rings. The first-order valence-corrected chi connectivity index (χ1v) is 3.16. The van der Waals surface area contributed by atoms with E-state index in [0.29, 0.717) is 6.42 Å². The van der Waals surface area contributed by atoms with Crippen molar-refractivity contribution in [2.75, 3.05) is 6.54 Å². The summed E-state index contributed by atoms with van der Waals surface area (Å²) in [5, 5.41) is 0. The van der Waals surface area contributed by atoms with Crippen molar-refractivity contribution < 1.29 is 4.79 Å². The van der Waals surface area contributed by atoms with E-state index in [1.807, 2.05) is 13.8 Å². The maximum absolute atomic E-state index is 10.4. The summed E-state index contributed by atoms with van der Waals surface area (Å²) in [6.45, 7) is 6.20. The fourth-order valence-electron chi connectivity index (χ4n) is 0.686. The fraction of sp³-hybridized carbons (Fsp3) is 0.714. The zero-order chi connectivity index (χ0) is 7.28. The Kier molecular flexibility index (Phi) is 3.93. The largest absolute Gasteiger partial charge is 0.300 e. The van der Waals surface area contributed by atoms with Gasteiger partial charge in [-0.2, -0.15) is 0 Å². The zero-order valence-electron chi connectivity index (χ0n) is 6.27. The van der Waals surface area contributed by atoms with Crippen LogP contribution >= 0.6 is 0 Å². The van der Waals surface area contributed by atoms with Gasteiger partial charge in [0, 0.05) is 18.7 Å². The lowest BCUT2D eigenvalue weighted by Crippen LogP contribution is -1.99. The van der Waals surface area contributed by atoms with Crippen molar-refractivity contribution in [2.24, 2.45) is 4.99 Å². The van der Waals surface area contributed by atoms with Crippen LogP contribution in [0.3, 0.4) is 0 Å². The first-order chi connectivity index (χ1) is 4.16. The topological polar surface area (TPSA) is 29.4 Å². The Morgan fingerprint density at radius 2 is 2.00 bits per heavy atom. The van der Waals surface area contributed by atoms with Crippen molar-refractivity contribution in [3.05, 3.63) is 0 Å². The van der Waals surface area contributed by atoms with Gasteiger partial charge in [0.05, 0.1) is 0 Å². The molecule has 0 unspecified atom stereocenters. The lowest BCUT2D eigenvalue weighted by atomic mass is 10.2. The van der Waals surface area contributed by atoms with Crippen LogP contribution in [0.2, 0.25) is 0 Å². The van der Waals surface area contributed by atoms with E-state index in [9.17, 15) is 4.79 Å². The minimum Gasteiger partial charge on any atom is -0.300 e. The predicted octanol–water partition coefficient (Wildman–Crippen LogP) is 1.45. The molecule has 0 saturated carbocycles. The molecule has 0 atom stereocenters. The van der Waals surface area contributed by atoms with Gasteiger partial charge < -0.3 is 0 Å². The average Bonchev–Trinajstić information content (AvgIpc) is 1.63. The normalized spacial score (nSPS) is 11.7. The minimum atomic E-state index is 0.185. The van der Waals surface area contributed by atoms with E-state index < -0.39 is 0 Å². The van der Waals surface area contributed by atoms with Gasteiger partial charge in [0.25, 0.3) is 0 Å². The third-order valence-corrected chi connectivity index (χ3v) is 0.933. The molecule has 0 aliphatic carbocycles. The fourth-order valence-corrected chi connectivity index (χ4v) is 0.686. The van der Waals surface area contributed by atoms with Crippen molar-refractivity contribution in [2.45, 2.75) is 27.2 Å². The van der Waals surface area contributed by atoms with E-state index in [1.165, 1.54) is 0 Å². The van der Waals surface area contributed by atoms with Gasteiger partial charge in [0.1, 0.15) is 5.78 Å². The Labute approximate surface area is 56.0 Å². The third kappa shape index (κ3) is 5.21. The molecule has 0 aliphatic rings. The summed E-state index contributed by atoms with van der Waals surface area (Å²) in [7, 11) is 0. The van der Waals surface area contributed by atoms with Gasteiger partial charge in [-0.25, -0.2) is 0 Å². The molecule has 0 heterocycles. The molecule has 2 heteroatoms. The van der Waals surface area contributed by atoms with Crippen molar-refractivity contribution in [3.63, 3.8) is 0 Å². The summed E-state index contributed by atoms with van der Waals surface area (Å²) in [5.74, 6) is 0.185. The highest BCUT2D eigenvalue weighted by molar-refractivity contribution is 5.99. The molecule has 0 aliphatic heterocycles. The molecule has 0 saturated heterocycles. The van der Waals surface area contributed by atoms with Crippen molar-refractivity contribution in [3.8, 4) is 0 Å². The number of Topliss-reactive ketones (excluding diaryl/α,β-unsaturated/α-hetero) is 1. The summed E-state index contributed by atoms with van der Waals surface area (Å²) in [4.78, 5) is 14.5. The van der Waals surface area contributed by atoms with Gasteiger partial charge in [0.15, 0.2) is 0 Å². The second kappa shape index (κ2) is 4.24. The quantitative estimate of drug-likeness (QED) is 0.527. The second-order valence-corrected chi connectivity index (χ2v) is 2.09. The Morgan fingerprint density at radius 1 is 1.44 bits per heavy atom. The lowest BCUT2D eigenvalue weighted by Gasteiger charge is -1.92. The molecular weight excluding hydrogens is 114 g/mol. The smallest absolute Gasteiger partial charge is 0.135 e. The predicted molar refractivity (Wildman–Crippen MR) is 38.9 cm³/mol. The van der Waals surface area contributed by atoms with Crippen LogP contribution in [-0.2, 0) is 4.79 Å². The molecule has 0 aromatic carbocycles. The Bertz CT molecular complexity index is 127. The van der Waals surface area contributed by atoms with E-state index in [-0.39, 0.29) is 5.78 Å². The minimum absolute atomic E-state index is 0.185. The van der Waals surface area contributed by atoms with Gasteiger partial charge >= 0.3 is 0 Å². The molecule has 0 aromatic heterocycles. The highest BCUT2D eigenvalue weighted by Crippen LogP contribution is 1.86. The van der Waals surface area contributed by atoms with Crippen LogP contribution in [0.15, 0.2) is 4.99 Å². The summed E-state index contributed by atoms with van der Waals surface area (Å²) >= 11 is 0. The molecular formula is C7H13NO. The average molecular weight is 127 g/mol. The molecule has 0 fully saturated rings. The molecule has 0 radical (unpaired) electrons. The number of nitrogens with zero attached hydrogens (tertiary/aromatic N) is 1. The summed E-state index contributed by atoms with van der Waals surface area (Å²) < 4.78 is 0. The number of aliphatic imine (C=N–C) groups is 1. The molecule has 0 amide bonds. The van der Waals surface area contributed by atoms with Crippen molar-refractivity contribution in [1.82, 2.24) is 0 Å².